The lowest BCUT2D eigenvalue weighted by Gasteiger charge is -2.34. The van der Waals surface area contributed by atoms with Gasteiger partial charge in [0.15, 0.2) is 0 Å². The highest BCUT2D eigenvalue weighted by Gasteiger charge is 2.17. The average Bonchev–Trinajstić information content (AvgIpc) is 2.53. The third-order valence-electron chi connectivity index (χ3n) is 4.43. The van der Waals surface area contributed by atoms with Crippen molar-refractivity contribution in [1.29, 1.82) is 0 Å². The highest BCUT2D eigenvalue weighted by atomic mass is 16.5. The lowest BCUT2D eigenvalue weighted by Crippen LogP contribution is -2.46. The van der Waals surface area contributed by atoms with Gasteiger partial charge in [0.25, 0.3) is 0 Å². The normalized spacial score (nSPS) is 18.7. The molecule has 0 radical (unpaired) electrons. The monoisotopic (exact) mass is 292 g/mol. The average molecular weight is 292 g/mol. The van der Waals surface area contributed by atoms with E-state index in [0.29, 0.717) is 0 Å². The van der Waals surface area contributed by atoms with Gasteiger partial charge in [-0.2, -0.15) is 0 Å². The Hall–Kier alpha value is -1.10. The number of rotatable bonds is 6. The van der Waals surface area contributed by atoms with Crippen LogP contribution in [0.25, 0.3) is 0 Å². The van der Waals surface area contributed by atoms with E-state index in [0.717, 1.165) is 62.6 Å². The second-order valence-electron chi connectivity index (χ2n) is 5.81. The fourth-order valence-electron chi connectivity index (χ4n) is 2.91. The van der Waals surface area contributed by atoms with Crippen molar-refractivity contribution in [3.05, 3.63) is 29.3 Å². The molecule has 2 rings (SSSR count). The van der Waals surface area contributed by atoms with Gasteiger partial charge in [-0.05, 0) is 43.1 Å². The van der Waals surface area contributed by atoms with Crippen LogP contribution in [0.3, 0.4) is 0 Å². The summed E-state index contributed by atoms with van der Waals surface area (Å²) in [6, 6.07) is 5.93. The largest absolute Gasteiger partial charge is 0.496 e. The van der Waals surface area contributed by atoms with Gasteiger partial charge in [-0.3, -0.25) is 0 Å². The molecule has 0 saturated carbocycles. The van der Waals surface area contributed by atoms with Gasteiger partial charge in [0.2, 0.25) is 0 Å². The molecule has 1 unspecified atom stereocenters. The minimum atomic E-state index is -0.390. The Bertz CT molecular complexity index is 442. The number of ether oxygens (including phenoxy) is 1. The maximum absolute atomic E-state index is 10.4. The molecule has 21 heavy (non-hydrogen) atoms. The number of likely N-dealkylation sites (N-methyl/N-ethyl adjacent to an activating group) is 1. The van der Waals surface area contributed by atoms with E-state index in [1.165, 1.54) is 0 Å². The second-order valence-corrected chi connectivity index (χ2v) is 5.81. The summed E-state index contributed by atoms with van der Waals surface area (Å²) in [5, 5.41) is 10.4. The predicted octanol–water partition coefficient (Wildman–Crippen LogP) is 2.06. The smallest absolute Gasteiger partial charge is 0.121 e. The van der Waals surface area contributed by atoms with Gasteiger partial charge >= 0.3 is 0 Å². The van der Waals surface area contributed by atoms with Gasteiger partial charge in [0.05, 0.1) is 13.2 Å². The van der Waals surface area contributed by atoms with Crippen LogP contribution in [0.4, 0.5) is 0 Å². The minimum Gasteiger partial charge on any atom is -0.496 e. The molecule has 1 atom stereocenters. The fourth-order valence-corrected chi connectivity index (χ4v) is 2.91. The summed E-state index contributed by atoms with van der Waals surface area (Å²) in [5.74, 6) is 0.877. The summed E-state index contributed by atoms with van der Waals surface area (Å²) in [4.78, 5) is 4.92. The molecular formula is C17H28N2O2. The molecule has 0 spiro atoms. The third-order valence-corrected chi connectivity index (χ3v) is 4.43. The van der Waals surface area contributed by atoms with Crippen molar-refractivity contribution in [3.63, 3.8) is 0 Å². The van der Waals surface area contributed by atoms with Crippen LogP contribution >= 0.6 is 0 Å². The van der Waals surface area contributed by atoms with E-state index < -0.39 is 0 Å². The van der Waals surface area contributed by atoms with Crippen LogP contribution in [-0.2, 0) is 0 Å². The van der Waals surface area contributed by atoms with Crippen LogP contribution in [0.1, 0.15) is 30.6 Å². The lowest BCUT2D eigenvalue weighted by molar-refractivity contribution is 0.105. The SMILES string of the molecule is CCN1CCN(CCC(O)c2ccc(OC)c(C)c2)CC1. The number of aliphatic hydroxyl groups is 1. The van der Waals surface area contributed by atoms with Gasteiger partial charge in [0.1, 0.15) is 5.75 Å². The van der Waals surface area contributed by atoms with E-state index in [1.54, 1.807) is 7.11 Å². The number of hydrogen-bond donors (Lipinski definition) is 1. The van der Waals surface area contributed by atoms with Gasteiger partial charge in [-0.25, -0.2) is 0 Å². The Balaban J connectivity index is 1.82. The molecule has 4 heteroatoms. The summed E-state index contributed by atoms with van der Waals surface area (Å²) >= 11 is 0. The molecule has 1 aliphatic rings. The molecule has 1 aromatic carbocycles. The minimum absolute atomic E-state index is 0.390. The highest BCUT2D eigenvalue weighted by molar-refractivity contribution is 5.36. The van der Waals surface area contributed by atoms with E-state index in [2.05, 4.69) is 16.7 Å². The number of nitrogens with zero attached hydrogens (tertiary/aromatic N) is 2. The van der Waals surface area contributed by atoms with Crippen LogP contribution in [0.15, 0.2) is 18.2 Å². The van der Waals surface area contributed by atoms with Gasteiger partial charge in [-0.1, -0.05) is 13.0 Å². The van der Waals surface area contributed by atoms with Crippen LogP contribution in [0.2, 0.25) is 0 Å². The number of aryl methyl sites for hydroxylation is 1. The van der Waals surface area contributed by atoms with Crippen LogP contribution < -0.4 is 4.74 Å². The van der Waals surface area contributed by atoms with Crippen molar-refractivity contribution in [1.82, 2.24) is 9.80 Å². The summed E-state index contributed by atoms with van der Waals surface area (Å²) < 4.78 is 5.26. The van der Waals surface area contributed by atoms with E-state index >= 15 is 0 Å². The molecule has 0 aromatic heterocycles. The zero-order chi connectivity index (χ0) is 15.2. The summed E-state index contributed by atoms with van der Waals surface area (Å²) in [6.07, 6.45) is 0.400. The van der Waals surface area contributed by atoms with E-state index in [1.807, 2.05) is 25.1 Å². The highest BCUT2D eigenvalue weighted by Crippen LogP contribution is 2.24. The zero-order valence-corrected chi connectivity index (χ0v) is 13.5. The van der Waals surface area contributed by atoms with Gasteiger partial charge in [0, 0.05) is 32.7 Å². The Labute approximate surface area is 128 Å². The first-order valence-electron chi connectivity index (χ1n) is 7.91. The van der Waals surface area contributed by atoms with Gasteiger partial charge < -0.3 is 19.6 Å². The van der Waals surface area contributed by atoms with Crippen molar-refractivity contribution in [2.24, 2.45) is 0 Å². The van der Waals surface area contributed by atoms with E-state index in [9.17, 15) is 5.11 Å². The van der Waals surface area contributed by atoms with Crippen molar-refractivity contribution in [2.75, 3.05) is 46.4 Å². The molecule has 1 N–H and O–H groups in total. The molecular weight excluding hydrogens is 264 g/mol. The Morgan fingerprint density at radius 3 is 2.43 bits per heavy atom. The summed E-state index contributed by atoms with van der Waals surface area (Å²) in [7, 11) is 1.67. The Morgan fingerprint density at radius 2 is 1.86 bits per heavy atom. The zero-order valence-electron chi connectivity index (χ0n) is 13.5. The predicted molar refractivity (Wildman–Crippen MR) is 85.9 cm³/mol. The van der Waals surface area contributed by atoms with E-state index in [-0.39, 0.29) is 6.10 Å². The van der Waals surface area contributed by atoms with Crippen molar-refractivity contribution in [2.45, 2.75) is 26.4 Å². The summed E-state index contributed by atoms with van der Waals surface area (Å²) in [5.41, 5.74) is 2.06. The second kappa shape index (κ2) is 7.78. The number of piperazine rings is 1. The molecule has 4 nitrogen and oxygen atoms in total. The quantitative estimate of drug-likeness (QED) is 0.871. The fraction of sp³-hybridized carbons (Fsp3) is 0.647. The Morgan fingerprint density at radius 1 is 1.19 bits per heavy atom. The third kappa shape index (κ3) is 4.43. The molecule has 1 aromatic rings. The summed E-state index contributed by atoms with van der Waals surface area (Å²) in [6.45, 7) is 10.8. The molecule has 1 heterocycles. The molecule has 1 fully saturated rings. The van der Waals surface area contributed by atoms with Crippen LogP contribution in [0, 0.1) is 6.92 Å². The van der Waals surface area contributed by atoms with Crippen LogP contribution in [-0.4, -0.2) is 61.3 Å². The van der Waals surface area contributed by atoms with E-state index in [4.69, 9.17) is 4.74 Å². The Kier molecular flexibility index (Phi) is 6.03. The maximum atomic E-state index is 10.4. The number of aliphatic hydroxyl groups excluding tert-OH is 1. The number of hydrogen-bond acceptors (Lipinski definition) is 4. The first-order valence-corrected chi connectivity index (χ1v) is 7.91. The van der Waals surface area contributed by atoms with Crippen molar-refractivity contribution >= 4 is 0 Å². The standard InChI is InChI=1S/C17H28N2O2/c1-4-18-9-11-19(12-10-18)8-7-16(20)15-5-6-17(21-3)14(2)13-15/h5-6,13,16,20H,4,7-12H2,1-3H3. The first kappa shape index (κ1) is 16.3. The van der Waals surface area contributed by atoms with Gasteiger partial charge in [-0.15, -0.1) is 0 Å². The molecule has 118 valence electrons. The number of benzene rings is 1. The molecule has 1 saturated heterocycles. The lowest BCUT2D eigenvalue weighted by atomic mass is 10.0. The molecule has 0 aliphatic carbocycles. The molecule has 0 bridgehead atoms. The molecule has 0 amide bonds. The number of methoxy groups -OCH3 is 1. The van der Waals surface area contributed by atoms with Crippen LogP contribution in [0.5, 0.6) is 5.75 Å². The molecule has 1 aliphatic heterocycles. The van der Waals surface area contributed by atoms with Crippen molar-refractivity contribution < 1.29 is 9.84 Å². The maximum Gasteiger partial charge on any atom is 0.121 e. The first-order chi connectivity index (χ1) is 10.1. The van der Waals surface area contributed by atoms with Crippen molar-refractivity contribution in [3.8, 4) is 5.75 Å². The topological polar surface area (TPSA) is 35.9 Å².